The van der Waals surface area contributed by atoms with Gasteiger partial charge in [0.05, 0.1) is 20.3 Å². The summed E-state index contributed by atoms with van der Waals surface area (Å²) in [6, 6.07) is 6.20. The number of benzene rings is 1. The fourth-order valence-electron chi connectivity index (χ4n) is 2.95. The van der Waals surface area contributed by atoms with Crippen molar-refractivity contribution in [1.29, 1.82) is 0 Å². The van der Waals surface area contributed by atoms with Crippen molar-refractivity contribution in [2.45, 2.75) is 18.0 Å². The maximum absolute atomic E-state index is 11.1. The Balaban J connectivity index is 1.74. The van der Waals surface area contributed by atoms with E-state index in [9.17, 15) is 4.79 Å². The number of thioether (sulfide) groups is 1. The number of carboxylic acid groups (broad SMARTS) is 1. The van der Waals surface area contributed by atoms with Gasteiger partial charge >= 0.3 is 5.97 Å². The molecule has 2 aliphatic heterocycles. The molecule has 0 radical (unpaired) electrons. The first-order valence-electron chi connectivity index (χ1n) is 7.75. The molecule has 0 bridgehead atoms. The van der Waals surface area contributed by atoms with Crippen LogP contribution in [-0.2, 0) is 16.1 Å². The average Bonchev–Trinajstić information content (AvgIpc) is 3.06. The summed E-state index contributed by atoms with van der Waals surface area (Å²) in [7, 11) is 1.68. The number of morpholine rings is 1. The minimum atomic E-state index is -0.806. The van der Waals surface area contributed by atoms with Crippen molar-refractivity contribution >= 4 is 17.7 Å². The zero-order chi connectivity index (χ0) is 16.2. The number of hydrogen-bond donors (Lipinski definition) is 2. The van der Waals surface area contributed by atoms with Crippen LogP contribution in [0.2, 0.25) is 0 Å². The van der Waals surface area contributed by atoms with E-state index in [0.29, 0.717) is 0 Å². The van der Waals surface area contributed by atoms with Gasteiger partial charge in [0.15, 0.2) is 5.37 Å². The standard InChI is InChI=1S/C16H22N2O4S/c1-21-14-3-2-11(13-10-23-15(17-13)16(19)20)8-12(14)9-18-4-6-22-7-5-18/h2-3,8,13,15,17H,4-7,9-10H2,1H3,(H,19,20). The number of carboxylic acids is 1. The van der Waals surface area contributed by atoms with Gasteiger partial charge in [0.1, 0.15) is 5.75 Å². The summed E-state index contributed by atoms with van der Waals surface area (Å²) in [4.78, 5) is 13.4. The van der Waals surface area contributed by atoms with E-state index in [1.165, 1.54) is 11.8 Å². The molecule has 126 valence electrons. The van der Waals surface area contributed by atoms with Crippen LogP contribution in [0.1, 0.15) is 17.2 Å². The molecule has 2 aliphatic rings. The lowest BCUT2D eigenvalue weighted by molar-refractivity contribution is -0.137. The summed E-state index contributed by atoms with van der Waals surface area (Å²) in [5, 5.41) is 11.7. The zero-order valence-electron chi connectivity index (χ0n) is 13.2. The molecule has 7 heteroatoms. The van der Waals surface area contributed by atoms with Crippen LogP contribution in [0.25, 0.3) is 0 Å². The molecule has 0 saturated carbocycles. The van der Waals surface area contributed by atoms with Crippen molar-refractivity contribution in [3.63, 3.8) is 0 Å². The molecule has 1 aromatic carbocycles. The third-order valence-electron chi connectivity index (χ3n) is 4.21. The van der Waals surface area contributed by atoms with Gasteiger partial charge in [-0.15, -0.1) is 11.8 Å². The lowest BCUT2D eigenvalue weighted by Gasteiger charge is -2.27. The number of nitrogens with one attached hydrogen (secondary N) is 1. The van der Waals surface area contributed by atoms with E-state index in [2.05, 4.69) is 16.3 Å². The van der Waals surface area contributed by atoms with Crippen LogP contribution >= 0.6 is 11.8 Å². The average molecular weight is 338 g/mol. The van der Waals surface area contributed by atoms with E-state index in [4.69, 9.17) is 14.6 Å². The monoisotopic (exact) mass is 338 g/mol. The third kappa shape index (κ3) is 3.98. The molecule has 3 rings (SSSR count). The van der Waals surface area contributed by atoms with E-state index >= 15 is 0 Å². The van der Waals surface area contributed by atoms with Gasteiger partial charge in [0.2, 0.25) is 0 Å². The highest BCUT2D eigenvalue weighted by molar-refractivity contribution is 8.00. The van der Waals surface area contributed by atoms with Crippen LogP contribution in [-0.4, -0.2) is 60.5 Å². The summed E-state index contributed by atoms with van der Waals surface area (Å²) < 4.78 is 10.9. The Kier molecular flexibility index (Phi) is 5.42. The van der Waals surface area contributed by atoms with E-state index in [0.717, 1.165) is 55.5 Å². The number of methoxy groups -OCH3 is 1. The molecule has 2 heterocycles. The maximum Gasteiger partial charge on any atom is 0.331 e. The summed E-state index contributed by atoms with van der Waals surface area (Å²) in [6.45, 7) is 4.20. The Labute approximate surface area is 140 Å². The molecular formula is C16H22N2O4S. The Morgan fingerprint density at radius 3 is 2.91 bits per heavy atom. The number of aliphatic carboxylic acids is 1. The van der Waals surface area contributed by atoms with Gasteiger partial charge in [-0.25, -0.2) is 4.79 Å². The van der Waals surface area contributed by atoms with Crippen LogP contribution < -0.4 is 10.1 Å². The SMILES string of the molecule is COc1ccc(C2CSC(C(=O)O)N2)cc1CN1CCOCC1. The summed E-state index contributed by atoms with van der Waals surface area (Å²) in [6.07, 6.45) is 0. The largest absolute Gasteiger partial charge is 0.496 e. The molecule has 2 saturated heterocycles. The van der Waals surface area contributed by atoms with Gasteiger partial charge in [-0.2, -0.15) is 0 Å². The van der Waals surface area contributed by atoms with Crippen LogP contribution in [0.5, 0.6) is 5.75 Å². The third-order valence-corrected chi connectivity index (χ3v) is 5.41. The summed E-state index contributed by atoms with van der Waals surface area (Å²) in [5.74, 6) is 0.834. The number of ether oxygens (including phenoxy) is 2. The highest BCUT2D eigenvalue weighted by atomic mass is 32.2. The molecule has 0 aliphatic carbocycles. The lowest BCUT2D eigenvalue weighted by Crippen LogP contribution is -2.35. The molecule has 2 fully saturated rings. The number of nitrogens with zero attached hydrogens (tertiary/aromatic N) is 1. The number of rotatable bonds is 5. The Hall–Kier alpha value is -1.28. The molecule has 23 heavy (non-hydrogen) atoms. The van der Waals surface area contributed by atoms with Crippen molar-refractivity contribution in [3.05, 3.63) is 29.3 Å². The molecule has 1 aromatic rings. The first-order valence-corrected chi connectivity index (χ1v) is 8.79. The zero-order valence-corrected chi connectivity index (χ0v) is 14.0. The van der Waals surface area contributed by atoms with Gasteiger partial charge in [-0.1, -0.05) is 6.07 Å². The van der Waals surface area contributed by atoms with Gasteiger partial charge in [0, 0.05) is 37.0 Å². The van der Waals surface area contributed by atoms with Crippen LogP contribution in [0, 0.1) is 0 Å². The van der Waals surface area contributed by atoms with Crippen molar-refractivity contribution < 1.29 is 19.4 Å². The molecule has 0 aromatic heterocycles. The van der Waals surface area contributed by atoms with Crippen molar-refractivity contribution in [2.24, 2.45) is 0 Å². The Morgan fingerprint density at radius 2 is 2.26 bits per heavy atom. The van der Waals surface area contributed by atoms with Crippen LogP contribution in [0.3, 0.4) is 0 Å². The second-order valence-electron chi connectivity index (χ2n) is 5.73. The fraction of sp³-hybridized carbons (Fsp3) is 0.562. The highest BCUT2D eigenvalue weighted by Crippen LogP contribution is 2.32. The van der Waals surface area contributed by atoms with E-state index < -0.39 is 11.3 Å². The highest BCUT2D eigenvalue weighted by Gasteiger charge is 2.30. The van der Waals surface area contributed by atoms with Crippen molar-refractivity contribution in [2.75, 3.05) is 39.2 Å². The molecule has 0 spiro atoms. The molecule has 6 nitrogen and oxygen atoms in total. The predicted molar refractivity (Wildman–Crippen MR) is 88.8 cm³/mol. The second kappa shape index (κ2) is 7.53. The van der Waals surface area contributed by atoms with Gasteiger partial charge in [-0.05, 0) is 17.7 Å². The van der Waals surface area contributed by atoms with Gasteiger partial charge in [0.25, 0.3) is 0 Å². The van der Waals surface area contributed by atoms with E-state index in [1.807, 2.05) is 12.1 Å². The minimum absolute atomic E-state index is 0.0652. The van der Waals surface area contributed by atoms with Gasteiger partial charge in [-0.3, -0.25) is 10.2 Å². The van der Waals surface area contributed by atoms with E-state index in [-0.39, 0.29) is 6.04 Å². The normalized spacial score (nSPS) is 25.4. The molecule has 2 atom stereocenters. The van der Waals surface area contributed by atoms with Crippen LogP contribution in [0.15, 0.2) is 18.2 Å². The quantitative estimate of drug-likeness (QED) is 0.839. The number of carbonyl (C=O) groups is 1. The topological polar surface area (TPSA) is 71.0 Å². The van der Waals surface area contributed by atoms with Crippen molar-refractivity contribution in [1.82, 2.24) is 10.2 Å². The predicted octanol–water partition coefficient (Wildman–Crippen LogP) is 1.32. The molecule has 0 amide bonds. The molecular weight excluding hydrogens is 316 g/mol. The van der Waals surface area contributed by atoms with Crippen LogP contribution in [0.4, 0.5) is 0 Å². The summed E-state index contributed by atoms with van der Waals surface area (Å²) in [5.41, 5.74) is 2.25. The summed E-state index contributed by atoms with van der Waals surface area (Å²) >= 11 is 1.44. The first kappa shape index (κ1) is 16.6. The Bertz CT molecular complexity index is 563. The fourth-order valence-corrected chi connectivity index (χ4v) is 4.02. The maximum atomic E-state index is 11.1. The van der Waals surface area contributed by atoms with E-state index in [1.54, 1.807) is 7.11 Å². The lowest BCUT2D eigenvalue weighted by atomic mass is 10.0. The Morgan fingerprint density at radius 1 is 1.48 bits per heavy atom. The van der Waals surface area contributed by atoms with Crippen molar-refractivity contribution in [3.8, 4) is 5.75 Å². The second-order valence-corrected chi connectivity index (χ2v) is 6.87. The first-order chi connectivity index (χ1) is 11.2. The minimum Gasteiger partial charge on any atom is -0.496 e. The molecule has 2 unspecified atom stereocenters. The van der Waals surface area contributed by atoms with Gasteiger partial charge < -0.3 is 14.6 Å². The molecule has 2 N–H and O–H groups in total. The number of hydrogen-bond acceptors (Lipinski definition) is 6. The smallest absolute Gasteiger partial charge is 0.331 e.